The average molecular weight is 448 g/mol. The van der Waals surface area contributed by atoms with Crippen LogP contribution in [0, 0.1) is 0 Å². The summed E-state index contributed by atoms with van der Waals surface area (Å²) in [6.45, 7) is 1.60. The zero-order valence-electron chi connectivity index (χ0n) is 17.3. The highest BCUT2D eigenvalue weighted by Crippen LogP contribution is 2.29. The molecule has 162 valence electrons. The number of urea groups is 1. The van der Waals surface area contributed by atoms with Crippen molar-refractivity contribution in [3.05, 3.63) is 83.8 Å². The molecule has 2 aromatic carbocycles. The Kier molecular flexibility index (Phi) is 6.42. The lowest BCUT2D eigenvalue weighted by molar-refractivity contribution is -0.127. The van der Waals surface area contributed by atoms with E-state index in [1.165, 1.54) is 17.8 Å². The Balaban J connectivity index is 1.41. The molecule has 4 amide bonds. The molecule has 0 spiro atoms. The van der Waals surface area contributed by atoms with Gasteiger partial charge in [0.05, 0.1) is 0 Å². The number of imide groups is 1. The van der Waals surface area contributed by atoms with Crippen molar-refractivity contribution in [1.82, 2.24) is 10.2 Å². The van der Waals surface area contributed by atoms with E-state index in [0.717, 1.165) is 21.8 Å². The zero-order valence-corrected chi connectivity index (χ0v) is 18.1. The topological polar surface area (TPSA) is 91.7 Å². The summed E-state index contributed by atoms with van der Waals surface area (Å²) in [6.07, 6.45) is 2.21. The molecule has 8 heteroatoms. The van der Waals surface area contributed by atoms with Gasteiger partial charge in [-0.3, -0.25) is 9.59 Å². The number of amides is 4. The van der Waals surface area contributed by atoms with E-state index in [1.54, 1.807) is 18.2 Å². The van der Waals surface area contributed by atoms with Crippen LogP contribution in [0.15, 0.2) is 86.8 Å². The maximum absolute atomic E-state index is 12.7. The van der Waals surface area contributed by atoms with Gasteiger partial charge in [0.1, 0.15) is 18.0 Å². The van der Waals surface area contributed by atoms with Gasteiger partial charge < -0.3 is 15.1 Å². The van der Waals surface area contributed by atoms with Crippen LogP contribution in [0.25, 0.3) is 6.08 Å². The number of hydrogen-bond acceptors (Lipinski definition) is 5. The summed E-state index contributed by atoms with van der Waals surface area (Å²) in [5.74, 6) is -0.604. The molecule has 0 saturated carbocycles. The van der Waals surface area contributed by atoms with Crippen LogP contribution in [0.3, 0.4) is 0 Å². The number of carbonyl (C=O) groups is 3. The number of nitrogens with zero attached hydrogens (tertiary/aromatic N) is 1. The Morgan fingerprint density at radius 3 is 2.59 bits per heavy atom. The van der Waals surface area contributed by atoms with Crippen molar-refractivity contribution in [3.8, 4) is 0 Å². The molecule has 0 radical (unpaired) electrons. The highest BCUT2D eigenvalue weighted by atomic mass is 32.2. The molecular formula is C24H21N3O4S. The van der Waals surface area contributed by atoms with E-state index in [1.807, 2.05) is 55.5 Å². The van der Waals surface area contributed by atoms with Gasteiger partial charge in [-0.1, -0.05) is 55.1 Å². The third kappa shape index (κ3) is 4.92. The van der Waals surface area contributed by atoms with Crippen molar-refractivity contribution in [2.75, 3.05) is 11.9 Å². The molecule has 1 aromatic heterocycles. The van der Waals surface area contributed by atoms with E-state index >= 15 is 0 Å². The molecular weight excluding hydrogens is 426 g/mol. The number of rotatable bonds is 7. The third-order valence-corrected chi connectivity index (χ3v) is 5.72. The SMILES string of the molecule is CCc1ccccc1NC(=O)CN1C(=O)N/C(=C/c2ccc(Sc3ccccc3)o2)C1=O. The summed E-state index contributed by atoms with van der Waals surface area (Å²) in [5.41, 5.74) is 1.70. The Morgan fingerprint density at radius 1 is 1.06 bits per heavy atom. The highest BCUT2D eigenvalue weighted by Gasteiger charge is 2.35. The Morgan fingerprint density at radius 2 is 1.81 bits per heavy atom. The van der Waals surface area contributed by atoms with E-state index < -0.39 is 17.8 Å². The van der Waals surface area contributed by atoms with Crippen molar-refractivity contribution in [3.63, 3.8) is 0 Å². The van der Waals surface area contributed by atoms with Crippen molar-refractivity contribution < 1.29 is 18.8 Å². The van der Waals surface area contributed by atoms with E-state index in [4.69, 9.17) is 4.42 Å². The van der Waals surface area contributed by atoms with Crippen molar-refractivity contribution in [2.24, 2.45) is 0 Å². The first-order valence-electron chi connectivity index (χ1n) is 10.1. The summed E-state index contributed by atoms with van der Waals surface area (Å²) in [5, 5.41) is 5.93. The molecule has 0 aliphatic carbocycles. The standard InChI is InChI=1S/C24H21N3O4S/c1-2-16-8-6-7-11-19(16)25-21(28)15-27-23(29)20(26-24(27)30)14-17-12-13-22(31-17)32-18-9-4-3-5-10-18/h3-14H,2,15H2,1H3,(H,25,28)(H,26,30)/b20-14+. The van der Waals surface area contributed by atoms with Gasteiger partial charge in [0, 0.05) is 16.7 Å². The predicted octanol–water partition coefficient (Wildman–Crippen LogP) is 4.52. The lowest BCUT2D eigenvalue weighted by Gasteiger charge is -2.13. The maximum Gasteiger partial charge on any atom is 0.329 e. The number of carbonyl (C=O) groups excluding carboxylic acids is 3. The fraction of sp³-hybridized carbons (Fsp3) is 0.125. The van der Waals surface area contributed by atoms with Gasteiger partial charge in [0.25, 0.3) is 5.91 Å². The molecule has 2 N–H and O–H groups in total. The number of furan rings is 1. The first-order valence-corrected chi connectivity index (χ1v) is 10.9. The number of aryl methyl sites for hydroxylation is 1. The smallest absolute Gasteiger partial charge is 0.329 e. The van der Waals surface area contributed by atoms with Crippen LogP contribution >= 0.6 is 11.8 Å². The molecule has 0 atom stereocenters. The quantitative estimate of drug-likeness (QED) is 0.410. The summed E-state index contributed by atoms with van der Waals surface area (Å²) in [4.78, 5) is 39.3. The minimum Gasteiger partial charge on any atom is -0.450 e. The van der Waals surface area contributed by atoms with E-state index in [-0.39, 0.29) is 12.2 Å². The van der Waals surface area contributed by atoms with Crippen LogP contribution < -0.4 is 10.6 Å². The second-order valence-corrected chi connectivity index (χ2v) is 8.09. The monoisotopic (exact) mass is 447 g/mol. The van der Waals surface area contributed by atoms with Gasteiger partial charge in [-0.2, -0.15) is 0 Å². The Hall–Kier alpha value is -3.78. The average Bonchev–Trinajstić information content (AvgIpc) is 3.34. The number of anilines is 1. The van der Waals surface area contributed by atoms with Gasteiger partial charge in [0.15, 0.2) is 5.09 Å². The van der Waals surface area contributed by atoms with E-state index in [0.29, 0.717) is 16.5 Å². The molecule has 1 aliphatic heterocycles. The van der Waals surface area contributed by atoms with E-state index in [9.17, 15) is 14.4 Å². The summed E-state index contributed by atoms with van der Waals surface area (Å²) in [7, 11) is 0. The minimum atomic E-state index is -0.648. The fourth-order valence-corrected chi connectivity index (χ4v) is 4.01. The maximum atomic E-state index is 12.7. The van der Waals surface area contributed by atoms with Crippen LogP contribution in [0.5, 0.6) is 0 Å². The van der Waals surface area contributed by atoms with Crippen LogP contribution in [0.1, 0.15) is 18.2 Å². The van der Waals surface area contributed by atoms with E-state index in [2.05, 4.69) is 10.6 Å². The Bertz CT molecular complexity index is 1190. The van der Waals surface area contributed by atoms with Crippen LogP contribution in [-0.2, 0) is 16.0 Å². The first-order chi connectivity index (χ1) is 15.5. The van der Waals surface area contributed by atoms with Crippen molar-refractivity contribution in [1.29, 1.82) is 0 Å². The molecule has 0 unspecified atom stereocenters. The molecule has 1 fully saturated rings. The molecule has 4 rings (SSSR count). The summed E-state index contributed by atoms with van der Waals surface area (Å²) < 4.78 is 5.74. The highest BCUT2D eigenvalue weighted by molar-refractivity contribution is 7.99. The number of nitrogens with one attached hydrogen (secondary N) is 2. The van der Waals surface area contributed by atoms with Crippen molar-refractivity contribution in [2.45, 2.75) is 23.3 Å². The third-order valence-electron chi connectivity index (χ3n) is 4.79. The number of para-hydroxylation sites is 1. The summed E-state index contributed by atoms with van der Waals surface area (Å²) >= 11 is 1.45. The fourth-order valence-electron chi connectivity index (χ4n) is 3.21. The van der Waals surface area contributed by atoms with Gasteiger partial charge in [0.2, 0.25) is 5.91 Å². The minimum absolute atomic E-state index is 0.0577. The van der Waals surface area contributed by atoms with Gasteiger partial charge in [-0.05, 0) is 42.3 Å². The van der Waals surface area contributed by atoms with Crippen LogP contribution in [0.2, 0.25) is 0 Å². The molecule has 1 aliphatic rings. The van der Waals surface area contributed by atoms with Gasteiger partial charge in [-0.15, -0.1) is 0 Å². The predicted molar refractivity (Wildman–Crippen MR) is 122 cm³/mol. The molecule has 7 nitrogen and oxygen atoms in total. The van der Waals surface area contributed by atoms with Crippen molar-refractivity contribution >= 4 is 41.4 Å². The largest absolute Gasteiger partial charge is 0.450 e. The second kappa shape index (κ2) is 9.57. The van der Waals surface area contributed by atoms with Gasteiger partial charge in [-0.25, -0.2) is 9.69 Å². The lowest BCUT2D eigenvalue weighted by Crippen LogP contribution is -2.38. The molecule has 3 aromatic rings. The summed E-state index contributed by atoms with van der Waals surface area (Å²) in [6, 6.07) is 20.0. The molecule has 1 saturated heterocycles. The lowest BCUT2D eigenvalue weighted by atomic mass is 10.1. The normalized spacial score (nSPS) is 14.7. The van der Waals surface area contributed by atoms with Gasteiger partial charge >= 0.3 is 6.03 Å². The number of hydrogen-bond donors (Lipinski definition) is 2. The first kappa shape index (κ1) is 21.5. The zero-order chi connectivity index (χ0) is 22.5. The molecule has 0 bridgehead atoms. The molecule has 32 heavy (non-hydrogen) atoms. The van der Waals surface area contributed by atoms with Crippen LogP contribution in [0.4, 0.5) is 10.5 Å². The van der Waals surface area contributed by atoms with Crippen LogP contribution in [-0.4, -0.2) is 29.3 Å². The molecule has 2 heterocycles. The number of benzene rings is 2. The Labute approximate surface area is 189 Å². The second-order valence-electron chi connectivity index (χ2n) is 7.01.